The molecule has 0 atom stereocenters. The summed E-state index contributed by atoms with van der Waals surface area (Å²) in [6, 6.07) is 6.93. The third kappa shape index (κ3) is 3.43. The SMILES string of the molecule is [B]c1ccnc(Nc2ccc(C(=O)N3CCOCC3)cn2)c1. The van der Waals surface area contributed by atoms with Crippen molar-refractivity contribution in [3.05, 3.63) is 42.2 Å². The van der Waals surface area contributed by atoms with Crippen LogP contribution in [-0.2, 0) is 4.74 Å². The Balaban J connectivity index is 1.68. The molecule has 3 rings (SSSR count). The molecular weight excluding hydrogens is 279 g/mol. The molecule has 2 aromatic heterocycles. The van der Waals surface area contributed by atoms with E-state index in [2.05, 4.69) is 15.3 Å². The monoisotopic (exact) mass is 294 g/mol. The van der Waals surface area contributed by atoms with E-state index in [1.165, 1.54) is 0 Å². The van der Waals surface area contributed by atoms with Gasteiger partial charge in [-0.2, -0.15) is 0 Å². The maximum Gasteiger partial charge on any atom is 0.255 e. The van der Waals surface area contributed by atoms with E-state index >= 15 is 0 Å². The number of carbonyl (C=O) groups excluding carboxylic acids is 1. The van der Waals surface area contributed by atoms with Crippen LogP contribution in [0.15, 0.2) is 36.7 Å². The van der Waals surface area contributed by atoms with E-state index in [1.807, 2.05) is 0 Å². The number of carbonyl (C=O) groups is 1. The molecule has 22 heavy (non-hydrogen) atoms. The lowest BCUT2D eigenvalue weighted by atomic mass is 9.98. The number of amides is 1. The van der Waals surface area contributed by atoms with Gasteiger partial charge in [0.2, 0.25) is 0 Å². The van der Waals surface area contributed by atoms with Crippen molar-refractivity contribution in [3.63, 3.8) is 0 Å². The minimum atomic E-state index is -0.0237. The molecule has 1 aliphatic heterocycles. The third-order valence-corrected chi connectivity index (χ3v) is 3.35. The molecule has 0 aromatic carbocycles. The minimum absolute atomic E-state index is 0.0237. The van der Waals surface area contributed by atoms with E-state index in [1.54, 1.807) is 41.6 Å². The van der Waals surface area contributed by atoms with E-state index in [-0.39, 0.29) is 5.91 Å². The lowest BCUT2D eigenvalue weighted by Crippen LogP contribution is -2.40. The summed E-state index contributed by atoms with van der Waals surface area (Å²) in [7, 11) is 5.70. The highest BCUT2D eigenvalue weighted by molar-refractivity contribution is 6.32. The summed E-state index contributed by atoms with van der Waals surface area (Å²) in [4.78, 5) is 22.5. The first-order valence-electron chi connectivity index (χ1n) is 7.04. The first-order chi connectivity index (χ1) is 10.7. The summed E-state index contributed by atoms with van der Waals surface area (Å²) in [6.45, 7) is 2.40. The summed E-state index contributed by atoms with van der Waals surface area (Å²) in [6.07, 6.45) is 3.18. The van der Waals surface area contributed by atoms with Gasteiger partial charge in [-0.25, -0.2) is 9.97 Å². The van der Waals surface area contributed by atoms with Crippen molar-refractivity contribution >= 4 is 30.9 Å². The summed E-state index contributed by atoms with van der Waals surface area (Å²) in [5.41, 5.74) is 1.18. The Labute approximate surface area is 129 Å². The predicted octanol–water partition coefficient (Wildman–Crippen LogP) is 0.486. The molecule has 0 unspecified atom stereocenters. The van der Waals surface area contributed by atoms with Gasteiger partial charge in [-0.15, -0.1) is 0 Å². The predicted molar refractivity (Wildman–Crippen MR) is 83.9 cm³/mol. The molecule has 0 bridgehead atoms. The average Bonchev–Trinajstić information content (AvgIpc) is 2.56. The number of nitrogens with zero attached hydrogens (tertiary/aromatic N) is 3. The molecule has 1 N–H and O–H groups in total. The Morgan fingerprint density at radius 1 is 1.18 bits per heavy atom. The maximum atomic E-state index is 12.3. The highest BCUT2D eigenvalue weighted by Gasteiger charge is 2.18. The van der Waals surface area contributed by atoms with Crippen LogP contribution in [0.25, 0.3) is 0 Å². The molecule has 1 amide bonds. The maximum absolute atomic E-state index is 12.3. The van der Waals surface area contributed by atoms with Gasteiger partial charge >= 0.3 is 0 Å². The minimum Gasteiger partial charge on any atom is -0.378 e. The standard InChI is InChI=1S/C15H15BN4O2/c16-12-3-4-17-14(9-12)19-13-2-1-11(10-18-13)15(21)20-5-7-22-8-6-20/h1-4,9-10H,5-8H2,(H,17,18,19). The number of rotatable bonds is 3. The van der Waals surface area contributed by atoms with Crippen LogP contribution in [0, 0.1) is 0 Å². The second-order valence-electron chi connectivity index (χ2n) is 4.94. The fourth-order valence-electron chi connectivity index (χ4n) is 2.19. The van der Waals surface area contributed by atoms with Gasteiger partial charge in [-0.3, -0.25) is 4.79 Å². The van der Waals surface area contributed by atoms with Gasteiger partial charge in [0.05, 0.1) is 18.8 Å². The molecule has 110 valence electrons. The molecule has 0 aliphatic carbocycles. The number of morpholine rings is 1. The van der Waals surface area contributed by atoms with Gasteiger partial charge in [0.25, 0.3) is 5.91 Å². The fourth-order valence-corrected chi connectivity index (χ4v) is 2.19. The highest BCUT2D eigenvalue weighted by Crippen LogP contribution is 2.13. The molecule has 1 fully saturated rings. The number of aromatic nitrogens is 2. The first kappa shape index (κ1) is 14.5. The van der Waals surface area contributed by atoms with Crippen molar-refractivity contribution in [2.75, 3.05) is 31.6 Å². The summed E-state index contributed by atoms with van der Waals surface area (Å²) >= 11 is 0. The van der Waals surface area contributed by atoms with Crippen LogP contribution in [-0.4, -0.2) is 54.9 Å². The Morgan fingerprint density at radius 2 is 2.00 bits per heavy atom. The van der Waals surface area contributed by atoms with Gasteiger partial charge in [-0.05, 0) is 18.2 Å². The topological polar surface area (TPSA) is 67.4 Å². The molecule has 6 nitrogen and oxygen atoms in total. The molecule has 2 aromatic rings. The van der Waals surface area contributed by atoms with Gasteiger partial charge in [0.1, 0.15) is 19.5 Å². The van der Waals surface area contributed by atoms with Gasteiger partial charge in [0.15, 0.2) is 0 Å². The van der Waals surface area contributed by atoms with Crippen molar-refractivity contribution in [2.45, 2.75) is 0 Å². The van der Waals surface area contributed by atoms with E-state index in [0.29, 0.717) is 49.0 Å². The average molecular weight is 294 g/mol. The zero-order valence-corrected chi connectivity index (χ0v) is 12.0. The second-order valence-corrected chi connectivity index (χ2v) is 4.94. The Kier molecular flexibility index (Phi) is 4.34. The normalized spacial score (nSPS) is 14.6. The smallest absolute Gasteiger partial charge is 0.255 e. The van der Waals surface area contributed by atoms with Crippen LogP contribution in [0.2, 0.25) is 0 Å². The van der Waals surface area contributed by atoms with Crippen molar-refractivity contribution in [3.8, 4) is 0 Å². The zero-order valence-electron chi connectivity index (χ0n) is 12.0. The summed E-state index contributed by atoms with van der Waals surface area (Å²) < 4.78 is 5.24. The highest BCUT2D eigenvalue weighted by atomic mass is 16.5. The molecule has 1 aliphatic rings. The first-order valence-corrected chi connectivity index (χ1v) is 7.04. The van der Waals surface area contributed by atoms with E-state index in [4.69, 9.17) is 12.6 Å². The number of pyridine rings is 2. The van der Waals surface area contributed by atoms with Gasteiger partial charge in [-0.1, -0.05) is 11.5 Å². The summed E-state index contributed by atoms with van der Waals surface area (Å²) in [5, 5.41) is 3.04. The largest absolute Gasteiger partial charge is 0.378 e. The molecule has 7 heteroatoms. The van der Waals surface area contributed by atoms with Crippen molar-refractivity contribution in [1.29, 1.82) is 0 Å². The number of ether oxygens (including phenoxy) is 1. The van der Waals surface area contributed by atoms with Crippen LogP contribution < -0.4 is 10.8 Å². The van der Waals surface area contributed by atoms with Gasteiger partial charge < -0.3 is 15.0 Å². The molecule has 2 radical (unpaired) electrons. The number of anilines is 2. The Morgan fingerprint density at radius 3 is 2.68 bits per heavy atom. The Hall–Kier alpha value is -2.41. The molecule has 1 saturated heterocycles. The van der Waals surface area contributed by atoms with Crippen LogP contribution in [0.3, 0.4) is 0 Å². The molecule has 0 spiro atoms. The molecule has 0 saturated carbocycles. The number of hydrogen-bond donors (Lipinski definition) is 1. The quantitative estimate of drug-likeness (QED) is 0.834. The molecular formula is C15H15BN4O2. The van der Waals surface area contributed by atoms with E-state index < -0.39 is 0 Å². The number of nitrogens with one attached hydrogen (secondary N) is 1. The fraction of sp³-hybridized carbons (Fsp3) is 0.267. The van der Waals surface area contributed by atoms with Crippen molar-refractivity contribution in [2.24, 2.45) is 0 Å². The van der Waals surface area contributed by atoms with E-state index in [0.717, 1.165) is 0 Å². The van der Waals surface area contributed by atoms with Crippen molar-refractivity contribution in [1.82, 2.24) is 14.9 Å². The summed E-state index contributed by atoms with van der Waals surface area (Å²) in [5.74, 6) is 1.20. The van der Waals surface area contributed by atoms with Crippen LogP contribution in [0.4, 0.5) is 11.6 Å². The zero-order chi connectivity index (χ0) is 15.4. The lowest BCUT2D eigenvalue weighted by molar-refractivity contribution is 0.0302. The van der Waals surface area contributed by atoms with Crippen LogP contribution in [0.5, 0.6) is 0 Å². The molecule has 3 heterocycles. The van der Waals surface area contributed by atoms with E-state index in [9.17, 15) is 4.79 Å². The van der Waals surface area contributed by atoms with Crippen LogP contribution in [0.1, 0.15) is 10.4 Å². The third-order valence-electron chi connectivity index (χ3n) is 3.35. The van der Waals surface area contributed by atoms with Crippen molar-refractivity contribution < 1.29 is 9.53 Å². The second kappa shape index (κ2) is 6.57. The number of hydrogen-bond acceptors (Lipinski definition) is 5. The van der Waals surface area contributed by atoms with Crippen LogP contribution >= 0.6 is 0 Å². The van der Waals surface area contributed by atoms with Gasteiger partial charge in [0, 0.05) is 25.5 Å². The Bertz CT molecular complexity index is 657. The lowest BCUT2D eigenvalue weighted by Gasteiger charge is -2.26.